The largest absolute Gasteiger partial charge is 0.295 e. The highest BCUT2D eigenvalue weighted by atomic mass is 35.5. The number of nitrogens with one attached hydrogen (secondary N) is 1. The van der Waals surface area contributed by atoms with Gasteiger partial charge in [-0.1, -0.05) is 48.5 Å². The number of halogens is 1. The lowest BCUT2D eigenvalue weighted by Gasteiger charge is -2.36. The van der Waals surface area contributed by atoms with E-state index in [2.05, 4.69) is 53.8 Å². The van der Waals surface area contributed by atoms with Crippen LogP contribution >= 0.6 is 11.6 Å². The Morgan fingerprint density at radius 1 is 1.06 bits per heavy atom. The van der Waals surface area contributed by atoms with Crippen molar-refractivity contribution in [2.75, 3.05) is 5.88 Å². The molecule has 0 aromatic heterocycles. The molecule has 0 saturated heterocycles. The van der Waals surface area contributed by atoms with Gasteiger partial charge in [0.2, 0.25) is 0 Å². The van der Waals surface area contributed by atoms with Crippen molar-refractivity contribution < 1.29 is 0 Å². The summed E-state index contributed by atoms with van der Waals surface area (Å²) >= 11 is 6.36. The molecular weight excluding hydrogens is 242 g/mol. The van der Waals surface area contributed by atoms with Gasteiger partial charge in [0.05, 0.1) is 5.54 Å². The fourth-order valence-electron chi connectivity index (χ4n) is 3.54. The fourth-order valence-corrected chi connectivity index (χ4v) is 3.91. The van der Waals surface area contributed by atoms with Crippen LogP contribution in [0.2, 0.25) is 0 Å². The van der Waals surface area contributed by atoms with Crippen molar-refractivity contribution in [2.24, 2.45) is 0 Å². The Morgan fingerprint density at radius 2 is 1.78 bits per heavy atom. The Labute approximate surface area is 112 Å². The second-order valence-electron chi connectivity index (χ2n) is 5.18. The fraction of sp³-hybridized carbons (Fsp3) is 0.250. The standard InChI is InChI=1S/C16H14ClN/c17-10-16-13-7-3-1-5-11(13)9-15(18-16)12-6-2-4-8-14(12)16/h1-8,15,18H,9-10H2/t15-,16+/m0/s1. The Kier molecular flexibility index (Phi) is 2.12. The molecule has 2 bridgehead atoms. The first kappa shape index (κ1) is 10.6. The normalized spacial score (nSPS) is 27.7. The van der Waals surface area contributed by atoms with Crippen molar-refractivity contribution >= 4 is 11.6 Å². The molecule has 2 atom stereocenters. The van der Waals surface area contributed by atoms with Crippen molar-refractivity contribution in [1.29, 1.82) is 0 Å². The summed E-state index contributed by atoms with van der Waals surface area (Å²) in [5.41, 5.74) is 5.36. The minimum Gasteiger partial charge on any atom is -0.295 e. The second kappa shape index (κ2) is 3.59. The molecule has 0 spiro atoms. The number of alkyl halides is 1. The minimum atomic E-state index is -0.183. The second-order valence-corrected chi connectivity index (χ2v) is 5.45. The zero-order chi connectivity index (χ0) is 12.2. The topological polar surface area (TPSA) is 12.0 Å². The van der Waals surface area contributed by atoms with E-state index in [-0.39, 0.29) is 5.54 Å². The van der Waals surface area contributed by atoms with Crippen LogP contribution in [0.4, 0.5) is 0 Å². The summed E-state index contributed by atoms with van der Waals surface area (Å²) in [6.07, 6.45) is 1.06. The molecule has 2 aliphatic rings. The highest BCUT2D eigenvalue weighted by molar-refractivity contribution is 6.19. The molecule has 2 heteroatoms. The zero-order valence-corrected chi connectivity index (χ0v) is 10.7. The van der Waals surface area contributed by atoms with Gasteiger partial charge < -0.3 is 0 Å². The Hall–Kier alpha value is -1.31. The molecular formula is C16H14ClN. The van der Waals surface area contributed by atoms with Crippen molar-refractivity contribution in [2.45, 2.75) is 18.0 Å². The molecule has 2 aromatic carbocycles. The molecule has 0 aliphatic carbocycles. The van der Waals surface area contributed by atoms with E-state index in [0.717, 1.165) is 6.42 Å². The maximum absolute atomic E-state index is 6.36. The number of rotatable bonds is 1. The molecule has 1 N–H and O–H groups in total. The summed E-state index contributed by atoms with van der Waals surface area (Å²) in [6.45, 7) is 0. The van der Waals surface area contributed by atoms with Crippen molar-refractivity contribution in [3.05, 3.63) is 70.8 Å². The van der Waals surface area contributed by atoms with Gasteiger partial charge in [0.25, 0.3) is 0 Å². The third kappa shape index (κ3) is 1.16. The van der Waals surface area contributed by atoms with Crippen LogP contribution in [0.15, 0.2) is 48.5 Å². The van der Waals surface area contributed by atoms with E-state index in [0.29, 0.717) is 11.9 Å². The van der Waals surface area contributed by atoms with E-state index in [4.69, 9.17) is 11.6 Å². The maximum Gasteiger partial charge on any atom is 0.0838 e. The lowest BCUT2D eigenvalue weighted by atomic mass is 9.82. The third-order valence-corrected chi connectivity index (χ3v) is 4.72. The average molecular weight is 256 g/mol. The Balaban J connectivity index is 2.05. The summed E-state index contributed by atoms with van der Waals surface area (Å²) < 4.78 is 0. The first-order valence-electron chi connectivity index (χ1n) is 6.36. The molecule has 0 radical (unpaired) electrons. The van der Waals surface area contributed by atoms with E-state index in [1.54, 1.807) is 0 Å². The SMILES string of the molecule is ClC[C@@]12N[C@@H](Cc3ccccc31)c1ccccc12. The van der Waals surface area contributed by atoms with Crippen molar-refractivity contribution in [1.82, 2.24) is 5.32 Å². The van der Waals surface area contributed by atoms with Gasteiger partial charge in [0.15, 0.2) is 0 Å². The molecule has 2 heterocycles. The summed E-state index contributed by atoms with van der Waals surface area (Å²) in [4.78, 5) is 0. The first-order valence-corrected chi connectivity index (χ1v) is 6.90. The molecule has 0 amide bonds. The number of benzene rings is 2. The molecule has 0 saturated carbocycles. The highest BCUT2D eigenvalue weighted by Crippen LogP contribution is 2.48. The van der Waals surface area contributed by atoms with Crippen molar-refractivity contribution in [3.8, 4) is 0 Å². The van der Waals surface area contributed by atoms with Crippen molar-refractivity contribution in [3.63, 3.8) is 0 Å². The van der Waals surface area contributed by atoms with Crippen LogP contribution in [-0.2, 0) is 12.0 Å². The summed E-state index contributed by atoms with van der Waals surface area (Å²) in [5, 5.41) is 3.74. The molecule has 0 unspecified atom stereocenters. The van der Waals surface area contributed by atoms with Gasteiger partial charge in [-0.15, -0.1) is 11.6 Å². The molecule has 0 fully saturated rings. The quantitative estimate of drug-likeness (QED) is 0.771. The summed E-state index contributed by atoms with van der Waals surface area (Å²) in [5.74, 6) is 0.581. The van der Waals surface area contributed by atoms with Crippen LogP contribution in [0.1, 0.15) is 28.3 Å². The van der Waals surface area contributed by atoms with Crippen LogP contribution in [0.5, 0.6) is 0 Å². The lowest BCUT2D eigenvalue weighted by molar-refractivity contribution is 0.393. The molecule has 18 heavy (non-hydrogen) atoms. The van der Waals surface area contributed by atoms with E-state index in [9.17, 15) is 0 Å². The molecule has 1 nitrogen and oxygen atoms in total. The Bertz CT molecular complexity index is 609. The van der Waals surface area contributed by atoms with Gasteiger partial charge in [0.1, 0.15) is 0 Å². The predicted molar refractivity (Wildman–Crippen MR) is 74.0 cm³/mol. The van der Waals surface area contributed by atoms with Crippen LogP contribution in [-0.4, -0.2) is 5.88 Å². The van der Waals surface area contributed by atoms with Crippen LogP contribution < -0.4 is 5.32 Å². The van der Waals surface area contributed by atoms with Gasteiger partial charge in [-0.3, -0.25) is 5.32 Å². The van der Waals surface area contributed by atoms with Crippen LogP contribution in [0, 0.1) is 0 Å². The van der Waals surface area contributed by atoms with Gasteiger partial charge in [0, 0.05) is 11.9 Å². The summed E-state index contributed by atoms with van der Waals surface area (Å²) in [6, 6.07) is 17.8. The molecule has 2 aromatic rings. The lowest BCUT2D eigenvalue weighted by Crippen LogP contribution is -2.45. The number of hydrogen-bond acceptors (Lipinski definition) is 1. The smallest absolute Gasteiger partial charge is 0.0838 e. The van der Waals surface area contributed by atoms with Crippen LogP contribution in [0.25, 0.3) is 0 Å². The molecule has 4 rings (SSSR count). The molecule has 2 aliphatic heterocycles. The predicted octanol–water partition coefficient (Wildman–Crippen LogP) is 3.37. The molecule has 90 valence electrons. The van der Waals surface area contributed by atoms with Gasteiger partial charge in [-0.25, -0.2) is 0 Å². The van der Waals surface area contributed by atoms with E-state index >= 15 is 0 Å². The number of fused-ring (bicyclic) bond motifs is 7. The zero-order valence-electron chi connectivity index (χ0n) is 9.99. The monoisotopic (exact) mass is 255 g/mol. The Morgan fingerprint density at radius 3 is 2.61 bits per heavy atom. The van der Waals surface area contributed by atoms with Gasteiger partial charge in [-0.2, -0.15) is 0 Å². The third-order valence-electron chi connectivity index (χ3n) is 4.32. The number of hydrogen-bond donors (Lipinski definition) is 1. The van der Waals surface area contributed by atoms with E-state index in [1.165, 1.54) is 22.3 Å². The summed E-state index contributed by atoms with van der Waals surface area (Å²) in [7, 11) is 0. The first-order chi connectivity index (χ1) is 8.85. The minimum absolute atomic E-state index is 0.183. The highest BCUT2D eigenvalue weighted by Gasteiger charge is 2.47. The average Bonchev–Trinajstić information content (AvgIpc) is 2.71. The van der Waals surface area contributed by atoms with E-state index in [1.807, 2.05) is 0 Å². The van der Waals surface area contributed by atoms with E-state index < -0.39 is 0 Å². The van der Waals surface area contributed by atoms with Gasteiger partial charge in [-0.05, 0) is 28.7 Å². The van der Waals surface area contributed by atoms with Gasteiger partial charge >= 0.3 is 0 Å². The van der Waals surface area contributed by atoms with Crippen LogP contribution in [0.3, 0.4) is 0 Å². The maximum atomic E-state index is 6.36.